The van der Waals surface area contributed by atoms with E-state index < -0.39 is 17.5 Å². The van der Waals surface area contributed by atoms with Gasteiger partial charge >= 0.3 is 0 Å². The first-order valence-electron chi connectivity index (χ1n) is 9.83. The standard InChI is InChI=1S/C22H27F3Si/c1-26-12-2-3-15-4-6-16(7-5-15)17-8-10-18(11-9-17)19-13-20(23)22(25)21(24)14-19/h8-11,13-16H,2-7,12,26H2,1H3/t15-,16-. The molecule has 0 radical (unpaired) electrons. The number of benzene rings is 2. The molecule has 0 nitrogen and oxygen atoms in total. The summed E-state index contributed by atoms with van der Waals surface area (Å²) in [6, 6.07) is 11.5. The van der Waals surface area contributed by atoms with Gasteiger partial charge in [-0.05, 0) is 66.3 Å². The Balaban J connectivity index is 1.62. The van der Waals surface area contributed by atoms with Crippen molar-refractivity contribution < 1.29 is 13.2 Å². The van der Waals surface area contributed by atoms with E-state index in [1.54, 1.807) is 0 Å². The molecule has 0 amide bonds. The summed E-state index contributed by atoms with van der Waals surface area (Å²) in [5.41, 5.74) is 2.39. The third-order valence-electron chi connectivity index (χ3n) is 5.76. The fraction of sp³-hybridized carbons (Fsp3) is 0.455. The summed E-state index contributed by atoms with van der Waals surface area (Å²) in [6.45, 7) is 2.38. The van der Waals surface area contributed by atoms with Crippen LogP contribution in [-0.4, -0.2) is 9.52 Å². The summed E-state index contributed by atoms with van der Waals surface area (Å²) >= 11 is 0. The zero-order chi connectivity index (χ0) is 18.5. The van der Waals surface area contributed by atoms with Gasteiger partial charge in [-0.2, -0.15) is 0 Å². The third-order valence-corrected chi connectivity index (χ3v) is 6.97. The minimum Gasteiger partial charge on any atom is -0.204 e. The highest BCUT2D eigenvalue weighted by Crippen LogP contribution is 2.38. The molecule has 0 spiro atoms. The average Bonchev–Trinajstić information content (AvgIpc) is 2.67. The van der Waals surface area contributed by atoms with Gasteiger partial charge in [0, 0.05) is 9.52 Å². The van der Waals surface area contributed by atoms with E-state index in [-0.39, 0.29) is 9.52 Å². The van der Waals surface area contributed by atoms with Crippen molar-refractivity contribution >= 4 is 9.52 Å². The predicted octanol–water partition coefficient (Wildman–Crippen LogP) is 6.46. The van der Waals surface area contributed by atoms with Crippen LogP contribution >= 0.6 is 0 Å². The van der Waals surface area contributed by atoms with Crippen LogP contribution in [0.2, 0.25) is 12.6 Å². The second-order valence-electron chi connectivity index (χ2n) is 7.59. The van der Waals surface area contributed by atoms with Crippen LogP contribution in [0.3, 0.4) is 0 Å². The van der Waals surface area contributed by atoms with Gasteiger partial charge in [-0.15, -0.1) is 0 Å². The molecule has 26 heavy (non-hydrogen) atoms. The first kappa shape index (κ1) is 19.2. The van der Waals surface area contributed by atoms with Crippen molar-refractivity contribution in [3.63, 3.8) is 0 Å². The Morgan fingerprint density at radius 2 is 1.50 bits per heavy atom. The molecule has 0 heterocycles. The number of halogens is 3. The molecule has 0 aromatic heterocycles. The van der Waals surface area contributed by atoms with Gasteiger partial charge in [0.05, 0.1) is 0 Å². The Kier molecular flexibility index (Phi) is 6.57. The van der Waals surface area contributed by atoms with Crippen molar-refractivity contribution in [2.24, 2.45) is 5.92 Å². The molecule has 0 N–H and O–H groups in total. The van der Waals surface area contributed by atoms with Crippen molar-refractivity contribution in [1.29, 1.82) is 0 Å². The highest BCUT2D eigenvalue weighted by molar-refractivity contribution is 6.33. The molecule has 0 saturated heterocycles. The smallest absolute Gasteiger partial charge is 0.194 e. The van der Waals surface area contributed by atoms with Gasteiger partial charge in [-0.1, -0.05) is 49.7 Å². The number of rotatable bonds is 6. The summed E-state index contributed by atoms with van der Waals surface area (Å²) in [5.74, 6) is -2.22. The molecule has 2 aromatic rings. The second-order valence-corrected chi connectivity index (χ2v) is 9.30. The lowest BCUT2D eigenvalue weighted by Crippen LogP contribution is -2.13. The third kappa shape index (κ3) is 4.59. The molecule has 1 saturated carbocycles. The summed E-state index contributed by atoms with van der Waals surface area (Å²) in [4.78, 5) is 0. The van der Waals surface area contributed by atoms with Gasteiger partial charge < -0.3 is 0 Å². The van der Waals surface area contributed by atoms with E-state index in [2.05, 4.69) is 18.7 Å². The van der Waals surface area contributed by atoms with Crippen molar-refractivity contribution in [3.05, 3.63) is 59.4 Å². The first-order valence-corrected chi connectivity index (χ1v) is 12.2. The molecular weight excluding hydrogens is 349 g/mol. The summed E-state index contributed by atoms with van der Waals surface area (Å²) < 4.78 is 40.0. The molecule has 0 bridgehead atoms. The molecule has 1 aliphatic rings. The topological polar surface area (TPSA) is 0 Å². The molecule has 0 unspecified atom stereocenters. The Hall–Kier alpha value is -1.55. The quantitative estimate of drug-likeness (QED) is 0.308. The van der Waals surface area contributed by atoms with Crippen LogP contribution in [0, 0.1) is 23.4 Å². The number of hydrogen-bond acceptors (Lipinski definition) is 0. The Morgan fingerprint density at radius 1 is 0.885 bits per heavy atom. The minimum atomic E-state index is -1.41. The average molecular weight is 377 g/mol. The molecule has 2 aromatic carbocycles. The summed E-state index contributed by atoms with van der Waals surface area (Å²) in [6.07, 6.45) is 7.89. The van der Waals surface area contributed by atoms with E-state index in [1.807, 2.05) is 12.1 Å². The number of hydrogen-bond donors (Lipinski definition) is 0. The Morgan fingerprint density at radius 3 is 2.08 bits per heavy atom. The zero-order valence-corrected chi connectivity index (χ0v) is 16.8. The van der Waals surface area contributed by atoms with Gasteiger partial charge in [0.15, 0.2) is 17.5 Å². The Bertz CT molecular complexity index is 696. The zero-order valence-electron chi connectivity index (χ0n) is 15.4. The fourth-order valence-corrected chi connectivity index (χ4v) is 4.93. The van der Waals surface area contributed by atoms with Crippen molar-refractivity contribution in [1.82, 2.24) is 0 Å². The van der Waals surface area contributed by atoms with Gasteiger partial charge in [-0.25, -0.2) is 13.2 Å². The van der Waals surface area contributed by atoms with E-state index in [0.29, 0.717) is 17.0 Å². The predicted molar refractivity (Wildman–Crippen MR) is 105 cm³/mol. The van der Waals surface area contributed by atoms with Gasteiger partial charge in [-0.3, -0.25) is 0 Å². The minimum absolute atomic E-state index is 0.214. The van der Waals surface area contributed by atoms with Crippen LogP contribution in [0.25, 0.3) is 11.1 Å². The maximum absolute atomic E-state index is 13.4. The maximum Gasteiger partial charge on any atom is 0.194 e. The van der Waals surface area contributed by atoms with E-state index in [9.17, 15) is 13.2 Å². The molecular formula is C22H27F3Si. The van der Waals surface area contributed by atoms with E-state index in [0.717, 1.165) is 18.1 Å². The van der Waals surface area contributed by atoms with Crippen LogP contribution < -0.4 is 0 Å². The van der Waals surface area contributed by atoms with E-state index in [1.165, 1.54) is 50.1 Å². The van der Waals surface area contributed by atoms with Crippen molar-refractivity contribution in [2.75, 3.05) is 0 Å². The monoisotopic (exact) mass is 376 g/mol. The van der Waals surface area contributed by atoms with Gasteiger partial charge in [0.1, 0.15) is 0 Å². The van der Waals surface area contributed by atoms with Gasteiger partial charge in [0.2, 0.25) is 0 Å². The largest absolute Gasteiger partial charge is 0.204 e. The molecule has 0 atom stereocenters. The summed E-state index contributed by atoms with van der Waals surface area (Å²) in [5, 5.41) is 0. The fourth-order valence-electron chi connectivity index (χ4n) is 4.14. The Labute approximate surface area is 156 Å². The molecule has 1 aliphatic carbocycles. The van der Waals surface area contributed by atoms with Crippen LogP contribution in [0.15, 0.2) is 36.4 Å². The maximum atomic E-state index is 13.4. The van der Waals surface area contributed by atoms with Crippen LogP contribution in [0.5, 0.6) is 0 Å². The first-order chi connectivity index (χ1) is 12.6. The second kappa shape index (κ2) is 8.89. The van der Waals surface area contributed by atoms with E-state index >= 15 is 0 Å². The molecule has 3 rings (SSSR count). The highest BCUT2D eigenvalue weighted by atomic mass is 28.2. The lowest BCUT2D eigenvalue weighted by atomic mass is 9.77. The molecule has 1 fully saturated rings. The van der Waals surface area contributed by atoms with Crippen molar-refractivity contribution in [2.45, 2.75) is 57.0 Å². The van der Waals surface area contributed by atoms with Crippen LogP contribution in [-0.2, 0) is 0 Å². The van der Waals surface area contributed by atoms with Crippen LogP contribution in [0.4, 0.5) is 13.2 Å². The molecule has 0 aliphatic heterocycles. The van der Waals surface area contributed by atoms with E-state index in [4.69, 9.17) is 0 Å². The van der Waals surface area contributed by atoms with Crippen LogP contribution in [0.1, 0.15) is 50.0 Å². The lowest BCUT2D eigenvalue weighted by molar-refractivity contribution is 0.308. The molecule has 140 valence electrons. The summed E-state index contributed by atoms with van der Waals surface area (Å²) in [7, 11) is 0.214. The van der Waals surface area contributed by atoms with Gasteiger partial charge in [0.25, 0.3) is 0 Å². The molecule has 4 heteroatoms. The van der Waals surface area contributed by atoms with Crippen molar-refractivity contribution in [3.8, 4) is 11.1 Å². The SMILES string of the molecule is C[SiH2]CCC[C@H]1CC[C@H](c2ccc(-c3cc(F)c(F)c(F)c3)cc2)CC1. The normalized spacial score (nSPS) is 20.8. The highest BCUT2D eigenvalue weighted by Gasteiger charge is 2.22. The lowest BCUT2D eigenvalue weighted by Gasteiger charge is -2.29.